The summed E-state index contributed by atoms with van der Waals surface area (Å²) >= 11 is 1.45. The van der Waals surface area contributed by atoms with E-state index in [1.165, 1.54) is 29.8 Å². The smallest absolute Gasteiger partial charge is 0.214 e. The van der Waals surface area contributed by atoms with Crippen LogP contribution in [-0.4, -0.2) is 28.6 Å². The number of nitrogens with one attached hydrogen (secondary N) is 2. The fourth-order valence-corrected chi connectivity index (χ4v) is 5.51. The summed E-state index contributed by atoms with van der Waals surface area (Å²) in [7, 11) is -3.33. The lowest BCUT2D eigenvalue weighted by molar-refractivity contribution is 0.303. The maximum atomic E-state index is 13.4. The molecule has 0 atom stereocenters. The van der Waals surface area contributed by atoms with Crippen molar-refractivity contribution in [3.05, 3.63) is 95.6 Å². The first-order valence-electron chi connectivity index (χ1n) is 12.6. The van der Waals surface area contributed by atoms with Gasteiger partial charge in [0.2, 0.25) is 10.0 Å². The molecule has 0 aliphatic rings. The second kappa shape index (κ2) is 11.7. The molecule has 0 saturated heterocycles. The number of anilines is 2. The van der Waals surface area contributed by atoms with E-state index in [0.717, 1.165) is 37.8 Å². The highest BCUT2D eigenvalue weighted by atomic mass is 32.2. The molecule has 0 saturated carbocycles. The number of benzene rings is 3. The summed E-state index contributed by atoms with van der Waals surface area (Å²) < 4.78 is 46.0. The Kier molecular flexibility index (Phi) is 8.06. The molecule has 0 bridgehead atoms. The number of hydrogen-bond acceptors (Lipinski definition) is 8. The van der Waals surface area contributed by atoms with E-state index in [-0.39, 0.29) is 19.0 Å². The molecule has 0 fully saturated rings. The lowest BCUT2D eigenvalue weighted by Crippen LogP contribution is -2.30. The first-order chi connectivity index (χ1) is 19.2. The van der Waals surface area contributed by atoms with Gasteiger partial charge in [-0.3, -0.25) is 0 Å². The van der Waals surface area contributed by atoms with Gasteiger partial charge in [0.1, 0.15) is 39.9 Å². The second-order valence-corrected chi connectivity index (χ2v) is 12.8. The molecule has 40 heavy (non-hydrogen) atoms. The van der Waals surface area contributed by atoms with E-state index in [1.54, 1.807) is 19.9 Å². The van der Waals surface area contributed by atoms with Gasteiger partial charge in [0.15, 0.2) is 5.82 Å². The van der Waals surface area contributed by atoms with Crippen LogP contribution in [0.25, 0.3) is 20.9 Å². The largest absolute Gasteiger partial charge is 0.489 e. The Labute approximate surface area is 236 Å². The Morgan fingerprint density at radius 1 is 1.00 bits per heavy atom. The van der Waals surface area contributed by atoms with Crippen LogP contribution >= 0.6 is 11.3 Å². The Bertz CT molecular complexity index is 1760. The summed E-state index contributed by atoms with van der Waals surface area (Å²) in [4.78, 5) is 14.3. The molecule has 11 heteroatoms. The first kappa shape index (κ1) is 27.6. The fraction of sp³-hybridized carbons (Fsp3) is 0.207. The van der Waals surface area contributed by atoms with Gasteiger partial charge in [-0.25, -0.2) is 32.5 Å². The van der Waals surface area contributed by atoms with Crippen LogP contribution in [0.2, 0.25) is 0 Å². The van der Waals surface area contributed by atoms with Crippen molar-refractivity contribution in [2.45, 2.75) is 39.2 Å². The third kappa shape index (κ3) is 6.44. The molecule has 0 aliphatic carbocycles. The van der Waals surface area contributed by atoms with Gasteiger partial charge in [-0.1, -0.05) is 47.7 Å². The maximum absolute atomic E-state index is 13.4. The highest BCUT2D eigenvalue weighted by Gasteiger charge is 2.16. The number of sulfonamides is 1. The number of hydrogen-bond donors (Lipinski definition) is 2. The standard InChI is InChI=1S/C29H28FN5O3S2/c1-18(2)40(36,37)33-15-20-7-9-22(10-8-20)28-35-26-27(31-17-32-29(26)39-28)34-24-11-12-25(19(3)13-24)38-16-21-5-4-6-23(30)14-21/h4-14,17-18,33H,15-16H2,1-3H3,(H,31,32,34). The fourth-order valence-electron chi connectivity index (χ4n) is 3.90. The Morgan fingerprint density at radius 3 is 2.52 bits per heavy atom. The molecular weight excluding hydrogens is 549 g/mol. The first-order valence-corrected chi connectivity index (χ1v) is 15.0. The molecule has 3 aromatic carbocycles. The zero-order valence-electron chi connectivity index (χ0n) is 22.2. The third-order valence-electron chi connectivity index (χ3n) is 6.22. The number of rotatable bonds is 10. The van der Waals surface area contributed by atoms with Crippen LogP contribution in [0.15, 0.2) is 73.1 Å². The maximum Gasteiger partial charge on any atom is 0.214 e. The number of nitrogens with zero attached hydrogens (tertiary/aromatic N) is 3. The van der Waals surface area contributed by atoms with Crippen molar-refractivity contribution in [3.8, 4) is 16.3 Å². The minimum Gasteiger partial charge on any atom is -0.489 e. The number of thiazole rings is 1. The topological polar surface area (TPSA) is 106 Å². The van der Waals surface area contributed by atoms with E-state index in [2.05, 4.69) is 20.0 Å². The van der Waals surface area contributed by atoms with Gasteiger partial charge in [0.25, 0.3) is 0 Å². The van der Waals surface area contributed by atoms with Crippen molar-refractivity contribution in [1.29, 1.82) is 0 Å². The van der Waals surface area contributed by atoms with Crippen LogP contribution in [-0.2, 0) is 23.2 Å². The van der Waals surface area contributed by atoms with Gasteiger partial charge < -0.3 is 10.1 Å². The number of fused-ring (bicyclic) bond motifs is 1. The van der Waals surface area contributed by atoms with Gasteiger partial charge in [0.05, 0.1) is 5.25 Å². The predicted molar refractivity (Wildman–Crippen MR) is 157 cm³/mol. The molecule has 2 aromatic heterocycles. The summed E-state index contributed by atoms with van der Waals surface area (Å²) in [6, 6.07) is 19.7. The number of ether oxygens (including phenoxy) is 1. The third-order valence-corrected chi connectivity index (χ3v) is 9.02. The summed E-state index contributed by atoms with van der Waals surface area (Å²) in [5, 5.41) is 3.63. The van der Waals surface area contributed by atoms with Crippen molar-refractivity contribution in [2.75, 3.05) is 5.32 Å². The molecule has 2 N–H and O–H groups in total. The second-order valence-electron chi connectivity index (χ2n) is 9.53. The summed E-state index contributed by atoms with van der Waals surface area (Å²) in [5.74, 6) is 1.00. The van der Waals surface area contributed by atoms with Gasteiger partial charge >= 0.3 is 0 Å². The Morgan fingerprint density at radius 2 is 1.80 bits per heavy atom. The van der Waals surface area contributed by atoms with Crippen LogP contribution in [0.5, 0.6) is 5.75 Å². The normalized spacial score (nSPS) is 11.7. The molecule has 0 unspecified atom stereocenters. The van der Waals surface area contributed by atoms with E-state index >= 15 is 0 Å². The summed E-state index contributed by atoms with van der Waals surface area (Å²) in [6.45, 7) is 5.74. The van der Waals surface area contributed by atoms with Crippen LogP contribution in [0.1, 0.15) is 30.5 Å². The molecule has 0 amide bonds. The van der Waals surface area contributed by atoms with Crippen molar-refractivity contribution in [3.63, 3.8) is 0 Å². The van der Waals surface area contributed by atoms with Gasteiger partial charge in [0, 0.05) is 17.8 Å². The molecule has 5 aromatic rings. The van der Waals surface area contributed by atoms with Gasteiger partial charge in [-0.15, -0.1) is 0 Å². The average Bonchev–Trinajstić information content (AvgIpc) is 3.37. The molecule has 8 nitrogen and oxygen atoms in total. The lowest BCUT2D eigenvalue weighted by Gasteiger charge is -2.12. The van der Waals surface area contributed by atoms with Crippen LogP contribution in [0, 0.1) is 12.7 Å². The van der Waals surface area contributed by atoms with Crippen molar-refractivity contribution in [2.24, 2.45) is 0 Å². The number of aromatic nitrogens is 3. The van der Waals surface area contributed by atoms with E-state index < -0.39 is 15.3 Å². The monoisotopic (exact) mass is 577 g/mol. The van der Waals surface area contributed by atoms with E-state index in [1.807, 2.05) is 55.5 Å². The lowest BCUT2D eigenvalue weighted by atomic mass is 10.1. The molecule has 0 aliphatic heterocycles. The zero-order valence-corrected chi connectivity index (χ0v) is 23.8. The van der Waals surface area contributed by atoms with Crippen LogP contribution in [0.4, 0.5) is 15.9 Å². The van der Waals surface area contributed by atoms with Crippen molar-refractivity contribution >= 4 is 43.2 Å². The van der Waals surface area contributed by atoms with Crippen molar-refractivity contribution in [1.82, 2.24) is 19.7 Å². The average molecular weight is 578 g/mol. The zero-order chi connectivity index (χ0) is 28.3. The summed E-state index contributed by atoms with van der Waals surface area (Å²) in [6.07, 6.45) is 1.50. The highest BCUT2D eigenvalue weighted by Crippen LogP contribution is 2.33. The minimum absolute atomic E-state index is 0.230. The minimum atomic E-state index is -3.33. The molecule has 0 spiro atoms. The van der Waals surface area contributed by atoms with E-state index in [4.69, 9.17) is 9.72 Å². The molecule has 0 radical (unpaired) electrons. The molecule has 5 rings (SSSR count). The number of halogens is 1. The van der Waals surface area contributed by atoms with Crippen LogP contribution in [0.3, 0.4) is 0 Å². The van der Waals surface area contributed by atoms with E-state index in [9.17, 15) is 12.8 Å². The van der Waals surface area contributed by atoms with Crippen molar-refractivity contribution < 1.29 is 17.5 Å². The summed E-state index contributed by atoms with van der Waals surface area (Å²) in [5.41, 5.74) is 4.91. The Hall–Kier alpha value is -3.93. The van der Waals surface area contributed by atoms with Gasteiger partial charge in [-0.05, 0) is 67.8 Å². The highest BCUT2D eigenvalue weighted by molar-refractivity contribution is 7.90. The molecular formula is C29H28FN5O3S2. The molecule has 206 valence electrons. The SMILES string of the molecule is Cc1cc(Nc2ncnc3sc(-c4ccc(CNS(=O)(=O)C(C)C)cc4)nc23)ccc1OCc1cccc(F)c1. The van der Waals surface area contributed by atoms with E-state index in [0.29, 0.717) is 17.1 Å². The van der Waals surface area contributed by atoms with Gasteiger partial charge in [-0.2, -0.15) is 0 Å². The molecule has 2 heterocycles. The Balaban J connectivity index is 1.29. The quantitative estimate of drug-likeness (QED) is 0.199. The number of aryl methyl sites for hydroxylation is 1. The van der Waals surface area contributed by atoms with Crippen LogP contribution < -0.4 is 14.8 Å². The predicted octanol–water partition coefficient (Wildman–Crippen LogP) is 6.35.